The van der Waals surface area contributed by atoms with Crippen LogP contribution in [0.4, 0.5) is 0 Å². The maximum atomic E-state index is 10.7. The molecular weight excluding hydrogens is 198 g/mol. The minimum atomic E-state index is -0.641. The Labute approximate surface area is 97.7 Å². The van der Waals surface area contributed by atoms with Gasteiger partial charge in [-0.05, 0) is 30.5 Å². The van der Waals surface area contributed by atoms with E-state index >= 15 is 0 Å². The Kier molecular flexibility index (Phi) is 3.31. The van der Waals surface area contributed by atoms with Crippen LogP contribution < -0.4 is 5.32 Å². The minimum Gasteiger partial charge on any atom is -0.385 e. The Morgan fingerprint density at radius 1 is 1.38 bits per heavy atom. The number of hydrogen-bond donors (Lipinski definition) is 2. The van der Waals surface area contributed by atoms with Gasteiger partial charge in [0.2, 0.25) is 0 Å². The van der Waals surface area contributed by atoms with Crippen LogP contribution in [0.3, 0.4) is 0 Å². The molecule has 0 radical (unpaired) electrons. The van der Waals surface area contributed by atoms with Crippen LogP contribution in [0, 0.1) is 5.92 Å². The molecule has 16 heavy (non-hydrogen) atoms. The van der Waals surface area contributed by atoms with Crippen molar-refractivity contribution in [3.8, 4) is 0 Å². The quantitative estimate of drug-likeness (QED) is 0.798. The molecule has 2 N–H and O–H groups in total. The van der Waals surface area contributed by atoms with E-state index in [0.29, 0.717) is 0 Å². The van der Waals surface area contributed by atoms with Crippen LogP contribution in [0.15, 0.2) is 24.3 Å². The third kappa shape index (κ3) is 2.00. The molecule has 0 amide bonds. The van der Waals surface area contributed by atoms with E-state index in [1.165, 1.54) is 5.56 Å². The summed E-state index contributed by atoms with van der Waals surface area (Å²) in [4.78, 5) is 0. The molecule has 0 saturated carbocycles. The number of benzene rings is 1. The van der Waals surface area contributed by atoms with Crippen molar-refractivity contribution in [1.29, 1.82) is 0 Å². The SMILES string of the molecule is CCc1ccc(C2(O)CCNCC2C)cc1. The normalized spacial score (nSPS) is 30.3. The summed E-state index contributed by atoms with van der Waals surface area (Å²) in [6.07, 6.45) is 1.86. The molecule has 0 spiro atoms. The lowest BCUT2D eigenvalue weighted by Gasteiger charge is -2.39. The smallest absolute Gasteiger partial charge is 0.0946 e. The van der Waals surface area contributed by atoms with Crippen molar-refractivity contribution in [1.82, 2.24) is 5.32 Å². The van der Waals surface area contributed by atoms with Crippen LogP contribution in [-0.2, 0) is 12.0 Å². The predicted molar refractivity (Wildman–Crippen MR) is 66.4 cm³/mol. The molecule has 0 bridgehead atoms. The van der Waals surface area contributed by atoms with Gasteiger partial charge in [-0.3, -0.25) is 0 Å². The molecule has 2 rings (SSSR count). The predicted octanol–water partition coefficient (Wildman–Crippen LogP) is 2.07. The lowest BCUT2D eigenvalue weighted by atomic mass is 9.77. The molecule has 1 aliphatic heterocycles. The summed E-state index contributed by atoms with van der Waals surface area (Å²) in [5, 5.41) is 14.1. The van der Waals surface area contributed by atoms with Crippen LogP contribution in [0.1, 0.15) is 31.4 Å². The minimum absolute atomic E-state index is 0.272. The zero-order valence-electron chi connectivity index (χ0n) is 10.2. The highest BCUT2D eigenvalue weighted by Crippen LogP contribution is 2.34. The molecule has 1 saturated heterocycles. The van der Waals surface area contributed by atoms with E-state index in [9.17, 15) is 5.11 Å². The first kappa shape index (κ1) is 11.6. The van der Waals surface area contributed by atoms with Gasteiger partial charge in [0.15, 0.2) is 0 Å². The Bertz CT molecular complexity index is 346. The Hall–Kier alpha value is -0.860. The molecule has 2 heteroatoms. The second kappa shape index (κ2) is 4.56. The summed E-state index contributed by atoms with van der Waals surface area (Å²) < 4.78 is 0. The molecular formula is C14H21NO. The third-order valence-electron chi connectivity index (χ3n) is 3.81. The molecule has 1 aromatic rings. The average Bonchev–Trinajstić information content (AvgIpc) is 2.33. The first-order valence-electron chi connectivity index (χ1n) is 6.19. The maximum absolute atomic E-state index is 10.7. The van der Waals surface area contributed by atoms with Crippen molar-refractivity contribution in [2.24, 2.45) is 5.92 Å². The van der Waals surface area contributed by atoms with Gasteiger partial charge in [0, 0.05) is 12.5 Å². The highest BCUT2D eigenvalue weighted by atomic mass is 16.3. The average molecular weight is 219 g/mol. The number of nitrogens with one attached hydrogen (secondary N) is 1. The van der Waals surface area contributed by atoms with E-state index in [1.807, 2.05) is 0 Å². The highest BCUT2D eigenvalue weighted by molar-refractivity contribution is 5.28. The maximum Gasteiger partial charge on any atom is 0.0946 e. The largest absolute Gasteiger partial charge is 0.385 e. The lowest BCUT2D eigenvalue weighted by molar-refractivity contribution is -0.0392. The van der Waals surface area contributed by atoms with E-state index in [1.54, 1.807) is 0 Å². The second-order valence-electron chi connectivity index (χ2n) is 4.83. The fourth-order valence-corrected chi connectivity index (χ4v) is 2.47. The van der Waals surface area contributed by atoms with Gasteiger partial charge in [0.05, 0.1) is 5.60 Å². The van der Waals surface area contributed by atoms with Crippen molar-refractivity contribution in [3.05, 3.63) is 35.4 Å². The van der Waals surface area contributed by atoms with E-state index in [2.05, 4.69) is 43.4 Å². The summed E-state index contributed by atoms with van der Waals surface area (Å²) in [6.45, 7) is 6.05. The summed E-state index contributed by atoms with van der Waals surface area (Å²) in [5.41, 5.74) is 1.75. The van der Waals surface area contributed by atoms with Crippen molar-refractivity contribution >= 4 is 0 Å². The van der Waals surface area contributed by atoms with Crippen LogP contribution in [0.25, 0.3) is 0 Å². The third-order valence-corrected chi connectivity index (χ3v) is 3.81. The summed E-state index contributed by atoms with van der Waals surface area (Å²) in [5.74, 6) is 0.272. The number of hydrogen-bond acceptors (Lipinski definition) is 2. The lowest BCUT2D eigenvalue weighted by Crippen LogP contribution is -2.46. The molecule has 1 aromatic carbocycles. The summed E-state index contributed by atoms with van der Waals surface area (Å²) in [7, 11) is 0. The molecule has 88 valence electrons. The number of rotatable bonds is 2. The van der Waals surface area contributed by atoms with Gasteiger partial charge < -0.3 is 10.4 Å². The number of aliphatic hydroxyl groups is 1. The van der Waals surface area contributed by atoms with Crippen molar-refractivity contribution < 1.29 is 5.11 Å². The number of piperidine rings is 1. The first-order chi connectivity index (χ1) is 7.66. The molecule has 2 atom stereocenters. The molecule has 1 fully saturated rings. The van der Waals surface area contributed by atoms with Crippen molar-refractivity contribution in [2.75, 3.05) is 13.1 Å². The Morgan fingerprint density at radius 3 is 2.62 bits per heavy atom. The van der Waals surface area contributed by atoms with Crippen molar-refractivity contribution in [3.63, 3.8) is 0 Å². The summed E-state index contributed by atoms with van der Waals surface area (Å²) in [6, 6.07) is 8.42. The second-order valence-corrected chi connectivity index (χ2v) is 4.83. The Morgan fingerprint density at radius 2 is 2.06 bits per heavy atom. The van der Waals surface area contributed by atoms with Gasteiger partial charge in [0.1, 0.15) is 0 Å². The Balaban J connectivity index is 2.26. The van der Waals surface area contributed by atoms with Gasteiger partial charge in [-0.15, -0.1) is 0 Å². The van der Waals surface area contributed by atoms with Crippen LogP contribution in [0.2, 0.25) is 0 Å². The topological polar surface area (TPSA) is 32.3 Å². The molecule has 2 nitrogen and oxygen atoms in total. The van der Waals surface area contributed by atoms with Gasteiger partial charge in [-0.1, -0.05) is 38.1 Å². The molecule has 2 unspecified atom stereocenters. The van der Waals surface area contributed by atoms with Crippen LogP contribution in [0.5, 0.6) is 0 Å². The van der Waals surface area contributed by atoms with E-state index in [0.717, 1.165) is 31.5 Å². The zero-order valence-corrected chi connectivity index (χ0v) is 10.2. The van der Waals surface area contributed by atoms with Gasteiger partial charge >= 0.3 is 0 Å². The van der Waals surface area contributed by atoms with Gasteiger partial charge in [-0.25, -0.2) is 0 Å². The molecule has 0 aliphatic carbocycles. The molecule has 0 aromatic heterocycles. The highest BCUT2D eigenvalue weighted by Gasteiger charge is 2.37. The molecule has 1 aliphatic rings. The van der Waals surface area contributed by atoms with Gasteiger partial charge in [-0.2, -0.15) is 0 Å². The summed E-state index contributed by atoms with van der Waals surface area (Å²) >= 11 is 0. The van der Waals surface area contributed by atoms with Crippen molar-refractivity contribution in [2.45, 2.75) is 32.3 Å². The first-order valence-corrected chi connectivity index (χ1v) is 6.19. The monoisotopic (exact) mass is 219 g/mol. The fraction of sp³-hybridized carbons (Fsp3) is 0.571. The standard InChI is InChI=1S/C14H21NO/c1-3-12-4-6-13(7-5-12)14(16)8-9-15-10-11(14)2/h4-7,11,15-16H,3,8-10H2,1-2H3. The van der Waals surface area contributed by atoms with Gasteiger partial charge in [0.25, 0.3) is 0 Å². The van der Waals surface area contributed by atoms with E-state index in [-0.39, 0.29) is 5.92 Å². The fourth-order valence-electron chi connectivity index (χ4n) is 2.47. The van der Waals surface area contributed by atoms with E-state index < -0.39 is 5.60 Å². The van der Waals surface area contributed by atoms with Crippen LogP contribution >= 0.6 is 0 Å². The van der Waals surface area contributed by atoms with E-state index in [4.69, 9.17) is 0 Å². The number of aryl methyl sites for hydroxylation is 1. The molecule has 1 heterocycles. The van der Waals surface area contributed by atoms with Crippen LogP contribution in [-0.4, -0.2) is 18.2 Å². The zero-order chi connectivity index (χ0) is 11.6.